The summed E-state index contributed by atoms with van der Waals surface area (Å²) in [7, 11) is 0. The van der Waals surface area contributed by atoms with Crippen LogP contribution in [-0.2, 0) is 9.53 Å². The first kappa shape index (κ1) is 16.9. The number of hydrogen-bond acceptors (Lipinski definition) is 5. The molecule has 2 heterocycles. The second-order valence-electron chi connectivity index (χ2n) is 6.54. The molecule has 22 heavy (non-hydrogen) atoms. The molecule has 124 valence electrons. The highest BCUT2D eigenvalue weighted by molar-refractivity contribution is 5.85. The molecule has 1 aliphatic rings. The van der Waals surface area contributed by atoms with Crippen LogP contribution in [0.15, 0.2) is 6.33 Å². The number of amides is 1. The van der Waals surface area contributed by atoms with E-state index in [1.807, 2.05) is 25.3 Å². The van der Waals surface area contributed by atoms with Crippen LogP contribution in [0.1, 0.15) is 52.5 Å². The van der Waals surface area contributed by atoms with E-state index >= 15 is 0 Å². The summed E-state index contributed by atoms with van der Waals surface area (Å²) in [6, 6.07) is 0.0781. The van der Waals surface area contributed by atoms with Crippen LogP contribution in [0, 0.1) is 0 Å². The van der Waals surface area contributed by atoms with Gasteiger partial charge in [-0.3, -0.25) is 9.69 Å². The van der Waals surface area contributed by atoms with Crippen molar-refractivity contribution in [3.63, 3.8) is 0 Å². The molecule has 1 aliphatic heterocycles. The monoisotopic (exact) mass is 309 g/mol. The van der Waals surface area contributed by atoms with Crippen molar-refractivity contribution in [2.24, 2.45) is 0 Å². The van der Waals surface area contributed by atoms with Gasteiger partial charge in [0.05, 0.1) is 24.8 Å². The third-order valence-corrected chi connectivity index (χ3v) is 4.25. The van der Waals surface area contributed by atoms with Crippen molar-refractivity contribution in [1.82, 2.24) is 25.0 Å². The molecule has 0 spiro atoms. The van der Waals surface area contributed by atoms with E-state index in [9.17, 15) is 4.79 Å². The van der Waals surface area contributed by atoms with Crippen LogP contribution in [0.3, 0.4) is 0 Å². The first-order chi connectivity index (χ1) is 10.3. The zero-order valence-electron chi connectivity index (χ0n) is 14.2. The smallest absolute Gasteiger partial charge is 0.240 e. The van der Waals surface area contributed by atoms with Crippen molar-refractivity contribution in [2.75, 3.05) is 26.3 Å². The third-order valence-electron chi connectivity index (χ3n) is 4.25. The van der Waals surface area contributed by atoms with E-state index in [1.165, 1.54) is 0 Å². The molecule has 1 saturated heterocycles. The quantitative estimate of drug-likeness (QED) is 0.883. The Morgan fingerprint density at radius 1 is 1.32 bits per heavy atom. The maximum atomic E-state index is 12.7. The summed E-state index contributed by atoms with van der Waals surface area (Å²) in [4.78, 5) is 14.9. The first-order valence-electron chi connectivity index (χ1n) is 7.87. The highest BCUT2D eigenvalue weighted by Gasteiger charge is 2.36. The van der Waals surface area contributed by atoms with Crippen LogP contribution < -0.4 is 5.32 Å². The highest BCUT2D eigenvalue weighted by atomic mass is 16.5. The Morgan fingerprint density at radius 2 is 1.95 bits per heavy atom. The summed E-state index contributed by atoms with van der Waals surface area (Å²) in [5, 5.41) is 11.2. The lowest BCUT2D eigenvalue weighted by atomic mass is 10.0. The largest absolute Gasteiger partial charge is 0.379 e. The van der Waals surface area contributed by atoms with Gasteiger partial charge in [-0.15, -0.1) is 10.2 Å². The van der Waals surface area contributed by atoms with Crippen LogP contribution >= 0.6 is 0 Å². The molecule has 1 unspecified atom stereocenters. The van der Waals surface area contributed by atoms with Gasteiger partial charge in [-0.1, -0.05) is 0 Å². The Hall–Kier alpha value is -1.47. The van der Waals surface area contributed by atoms with Crippen LogP contribution in [0.25, 0.3) is 0 Å². The van der Waals surface area contributed by atoms with Crippen molar-refractivity contribution in [2.45, 2.75) is 52.2 Å². The predicted octanol–water partition coefficient (Wildman–Crippen LogP) is 1.15. The average molecular weight is 309 g/mol. The van der Waals surface area contributed by atoms with Gasteiger partial charge in [0.2, 0.25) is 5.91 Å². The fourth-order valence-electron chi connectivity index (χ4n) is 2.66. The molecular formula is C15H27N5O2. The van der Waals surface area contributed by atoms with Gasteiger partial charge < -0.3 is 14.6 Å². The lowest BCUT2D eigenvalue weighted by molar-refractivity contribution is -0.135. The Morgan fingerprint density at radius 3 is 2.55 bits per heavy atom. The van der Waals surface area contributed by atoms with Gasteiger partial charge in [0.25, 0.3) is 0 Å². The minimum atomic E-state index is -0.569. The van der Waals surface area contributed by atoms with E-state index in [1.54, 1.807) is 6.33 Å². The summed E-state index contributed by atoms with van der Waals surface area (Å²) in [5.74, 6) is 0.779. The van der Waals surface area contributed by atoms with Gasteiger partial charge >= 0.3 is 0 Å². The van der Waals surface area contributed by atoms with Gasteiger partial charge in [-0.2, -0.15) is 0 Å². The molecule has 1 fully saturated rings. The number of nitrogens with one attached hydrogen (secondary N) is 1. The van der Waals surface area contributed by atoms with Crippen molar-refractivity contribution in [3.05, 3.63) is 12.2 Å². The van der Waals surface area contributed by atoms with Crippen molar-refractivity contribution in [3.8, 4) is 0 Å². The van der Waals surface area contributed by atoms with Crippen molar-refractivity contribution < 1.29 is 9.53 Å². The summed E-state index contributed by atoms with van der Waals surface area (Å²) in [5.41, 5.74) is -0.569. The molecule has 7 nitrogen and oxygen atoms in total. The maximum absolute atomic E-state index is 12.7. The van der Waals surface area contributed by atoms with Crippen LogP contribution in [0.5, 0.6) is 0 Å². The number of ether oxygens (including phenoxy) is 1. The lowest BCUT2D eigenvalue weighted by Gasteiger charge is -2.39. The zero-order chi connectivity index (χ0) is 16.3. The number of nitrogens with zero attached hydrogens (tertiary/aromatic N) is 4. The molecule has 0 radical (unpaired) electrons. The van der Waals surface area contributed by atoms with Crippen molar-refractivity contribution in [1.29, 1.82) is 0 Å². The van der Waals surface area contributed by atoms with Crippen LogP contribution in [-0.4, -0.2) is 57.4 Å². The van der Waals surface area contributed by atoms with Gasteiger partial charge in [0, 0.05) is 19.1 Å². The number of morpholine rings is 1. The molecular weight excluding hydrogens is 282 g/mol. The second kappa shape index (κ2) is 6.75. The fourth-order valence-corrected chi connectivity index (χ4v) is 2.66. The van der Waals surface area contributed by atoms with Gasteiger partial charge in [-0.05, 0) is 34.6 Å². The summed E-state index contributed by atoms with van der Waals surface area (Å²) < 4.78 is 7.34. The normalized spacial score (nSPS) is 18.5. The van der Waals surface area contributed by atoms with E-state index in [-0.39, 0.29) is 18.0 Å². The van der Waals surface area contributed by atoms with E-state index < -0.39 is 5.54 Å². The average Bonchev–Trinajstić information content (AvgIpc) is 2.97. The van der Waals surface area contributed by atoms with Crippen LogP contribution in [0.4, 0.5) is 0 Å². The fraction of sp³-hybridized carbons (Fsp3) is 0.800. The molecule has 1 amide bonds. The van der Waals surface area contributed by atoms with Gasteiger partial charge in [0.1, 0.15) is 6.33 Å². The minimum absolute atomic E-state index is 0.000191. The Kier molecular flexibility index (Phi) is 5.18. The van der Waals surface area contributed by atoms with E-state index in [0.717, 1.165) is 18.9 Å². The molecule has 0 aromatic carbocycles. The predicted molar refractivity (Wildman–Crippen MR) is 83.4 cm³/mol. The first-order valence-corrected chi connectivity index (χ1v) is 7.87. The Balaban J connectivity index is 2.05. The molecule has 0 bridgehead atoms. The molecule has 1 aromatic heterocycles. The highest BCUT2D eigenvalue weighted by Crippen LogP contribution is 2.19. The Labute approximate surface area is 132 Å². The zero-order valence-corrected chi connectivity index (χ0v) is 14.2. The Bertz CT molecular complexity index is 506. The lowest BCUT2D eigenvalue weighted by Crippen LogP contribution is -2.58. The minimum Gasteiger partial charge on any atom is -0.379 e. The van der Waals surface area contributed by atoms with Crippen LogP contribution in [0.2, 0.25) is 0 Å². The second-order valence-corrected chi connectivity index (χ2v) is 6.54. The van der Waals surface area contributed by atoms with Gasteiger partial charge in [-0.25, -0.2) is 0 Å². The van der Waals surface area contributed by atoms with Crippen molar-refractivity contribution >= 4 is 5.91 Å². The molecule has 1 atom stereocenters. The number of hydrogen-bond donors (Lipinski definition) is 1. The van der Waals surface area contributed by atoms with E-state index in [4.69, 9.17) is 4.74 Å². The maximum Gasteiger partial charge on any atom is 0.240 e. The summed E-state index contributed by atoms with van der Waals surface area (Å²) in [6.07, 6.45) is 1.70. The van der Waals surface area contributed by atoms with E-state index in [0.29, 0.717) is 13.2 Å². The molecule has 1 N–H and O–H groups in total. The number of carbonyl (C=O) groups excluding carboxylic acids is 1. The molecule has 1 aromatic rings. The molecule has 2 rings (SSSR count). The number of aromatic nitrogens is 3. The number of rotatable bonds is 5. The summed E-state index contributed by atoms with van der Waals surface area (Å²) in [6.45, 7) is 12.9. The van der Waals surface area contributed by atoms with E-state index in [2.05, 4.69) is 34.3 Å². The standard InChI is InChI=1S/C15H27N5O2/c1-11(2)20-10-16-18-13(20)12(3)17-14(21)15(4,5)19-6-8-22-9-7-19/h10-12H,6-9H2,1-5H3,(H,17,21). The van der Waals surface area contributed by atoms with Gasteiger partial charge in [0.15, 0.2) is 5.82 Å². The molecule has 7 heteroatoms. The summed E-state index contributed by atoms with van der Waals surface area (Å²) >= 11 is 0. The number of carbonyl (C=O) groups is 1. The third kappa shape index (κ3) is 3.47. The SMILES string of the molecule is CC(NC(=O)C(C)(C)N1CCOCC1)c1nncn1C(C)C. The molecule has 0 saturated carbocycles. The molecule has 0 aliphatic carbocycles. The topological polar surface area (TPSA) is 72.3 Å².